The van der Waals surface area contributed by atoms with E-state index >= 15 is 0 Å². The lowest BCUT2D eigenvalue weighted by molar-refractivity contribution is 0.0761. The number of likely N-dealkylation sites (tertiary alicyclic amines) is 1. The summed E-state index contributed by atoms with van der Waals surface area (Å²) in [5, 5.41) is 14.2. The molecule has 1 saturated heterocycles. The summed E-state index contributed by atoms with van der Waals surface area (Å²) in [7, 11) is 0. The maximum Gasteiger partial charge on any atom is 0.257 e. The molecule has 1 aromatic heterocycles. The van der Waals surface area contributed by atoms with Crippen LogP contribution < -0.4 is 0 Å². The average molecular weight is 327 g/mol. The zero-order valence-electron chi connectivity index (χ0n) is 14.8. The molecule has 1 N–H and O–H groups in total. The first-order chi connectivity index (χ1) is 11.4. The third-order valence-electron chi connectivity index (χ3n) is 5.03. The van der Waals surface area contributed by atoms with Crippen molar-refractivity contribution in [3.63, 3.8) is 0 Å². The van der Waals surface area contributed by atoms with Gasteiger partial charge in [-0.25, -0.2) is 4.68 Å². The van der Waals surface area contributed by atoms with Crippen molar-refractivity contribution in [1.29, 1.82) is 0 Å². The van der Waals surface area contributed by atoms with Crippen molar-refractivity contribution in [2.45, 2.75) is 40.2 Å². The largest absolute Gasteiger partial charge is 0.393 e. The Morgan fingerprint density at radius 3 is 2.75 bits per heavy atom. The van der Waals surface area contributed by atoms with Gasteiger partial charge in [-0.15, -0.1) is 0 Å². The summed E-state index contributed by atoms with van der Waals surface area (Å²) in [6.45, 7) is 9.14. The fourth-order valence-corrected chi connectivity index (χ4v) is 3.35. The van der Waals surface area contributed by atoms with Gasteiger partial charge in [0.2, 0.25) is 0 Å². The van der Waals surface area contributed by atoms with Crippen LogP contribution in [0.5, 0.6) is 0 Å². The quantitative estimate of drug-likeness (QED) is 0.943. The molecule has 128 valence electrons. The van der Waals surface area contributed by atoms with Gasteiger partial charge in [0.15, 0.2) is 0 Å². The Morgan fingerprint density at radius 1 is 1.33 bits per heavy atom. The molecule has 2 heterocycles. The minimum atomic E-state index is -0.374. The summed E-state index contributed by atoms with van der Waals surface area (Å²) in [6.07, 6.45) is 2.14. The van der Waals surface area contributed by atoms with E-state index in [1.54, 1.807) is 13.1 Å². The molecule has 1 aromatic carbocycles. The van der Waals surface area contributed by atoms with Gasteiger partial charge in [0.05, 0.1) is 29.2 Å². The van der Waals surface area contributed by atoms with Crippen molar-refractivity contribution < 1.29 is 9.90 Å². The Morgan fingerprint density at radius 2 is 2.08 bits per heavy atom. The number of carbonyl (C=O) groups excluding carboxylic acids is 1. The van der Waals surface area contributed by atoms with Gasteiger partial charge >= 0.3 is 0 Å². The van der Waals surface area contributed by atoms with Crippen LogP contribution in [0.25, 0.3) is 5.69 Å². The molecule has 2 atom stereocenters. The molecular weight excluding hydrogens is 302 g/mol. The van der Waals surface area contributed by atoms with Gasteiger partial charge in [0.1, 0.15) is 0 Å². The Balaban J connectivity index is 1.88. The molecule has 1 aliphatic rings. The monoisotopic (exact) mass is 327 g/mol. The molecule has 0 aliphatic carbocycles. The van der Waals surface area contributed by atoms with E-state index in [0.29, 0.717) is 18.7 Å². The number of amides is 1. The number of hydrogen-bond donors (Lipinski definition) is 1. The zero-order chi connectivity index (χ0) is 17.4. The van der Waals surface area contributed by atoms with Crippen LogP contribution in [0.15, 0.2) is 24.4 Å². The predicted octanol–water partition coefficient (Wildman–Crippen LogP) is 2.64. The maximum atomic E-state index is 12.8. The normalized spacial score (nSPS) is 18.9. The van der Waals surface area contributed by atoms with Crippen LogP contribution in [0.2, 0.25) is 0 Å². The van der Waals surface area contributed by atoms with Crippen molar-refractivity contribution in [2.75, 3.05) is 13.1 Å². The van der Waals surface area contributed by atoms with Crippen LogP contribution in [0.4, 0.5) is 0 Å². The van der Waals surface area contributed by atoms with E-state index in [-0.39, 0.29) is 17.9 Å². The number of nitrogens with zero attached hydrogens (tertiary/aromatic N) is 3. The second kappa shape index (κ2) is 6.40. The van der Waals surface area contributed by atoms with Crippen molar-refractivity contribution in [3.05, 3.63) is 46.8 Å². The smallest absolute Gasteiger partial charge is 0.257 e. The van der Waals surface area contributed by atoms with Crippen LogP contribution in [0.3, 0.4) is 0 Å². The van der Waals surface area contributed by atoms with E-state index in [0.717, 1.165) is 28.9 Å². The molecule has 1 amide bonds. The second-order valence-electron chi connectivity index (χ2n) is 6.89. The van der Waals surface area contributed by atoms with E-state index in [2.05, 4.69) is 23.3 Å². The standard InChI is InChI=1S/C19H25N3O2/c1-12-5-6-13(2)18(9-12)22-14(3)17(10-20-22)19(24)21-8-7-16(11-21)15(4)23/h5-6,9-10,15-16,23H,7-8,11H2,1-4H3. The van der Waals surface area contributed by atoms with Gasteiger partial charge in [-0.3, -0.25) is 4.79 Å². The third-order valence-corrected chi connectivity index (χ3v) is 5.03. The highest BCUT2D eigenvalue weighted by Crippen LogP contribution is 2.24. The van der Waals surface area contributed by atoms with E-state index in [9.17, 15) is 9.90 Å². The Labute approximate surface area is 142 Å². The van der Waals surface area contributed by atoms with Crippen LogP contribution in [-0.4, -0.2) is 44.9 Å². The molecule has 5 heteroatoms. The van der Waals surface area contributed by atoms with Crippen molar-refractivity contribution in [2.24, 2.45) is 5.92 Å². The number of aromatic nitrogens is 2. The highest BCUT2D eigenvalue weighted by Gasteiger charge is 2.31. The molecule has 0 radical (unpaired) electrons. The SMILES string of the molecule is Cc1ccc(C)c(-n2ncc(C(=O)N3CCC(C(C)O)C3)c2C)c1. The number of aryl methyl sites for hydroxylation is 2. The number of carbonyl (C=O) groups is 1. The molecule has 1 aliphatic heterocycles. The van der Waals surface area contributed by atoms with Crippen LogP contribution >= 0.6 is 0 Å². The van der Waals surface area contributed by atoms with Gasteiger partial charge in [-0.1, -0.05) is 12.1 Å². The van der Waals surface area contributed by atoms with E-state index in [1.165, 1.54) is 0 Å². The number of aliphatic hydroxyl groups excluding tert-OH is 1. The van der Waals surface area contributed by atoms with Crippen molar-refractivity contribution in [3.8, 4) is 5.69 Å². The number of hydrogen-bond acceptors (Lipinski definition) is 3. The second-order valence-corrected chi connectivity index (χ2v) is 6.89. The first-order valence-electron chi connectivity index (χ1n) is 8.48. The van der Waals surface area contributed by atoms with E-state index in [1.807, 2.05) is 30.4 Å². The fourth-order valence-electron chi connectivity index (χ4n) is 3.35. The number of rotatable bonds is 3. The van der Waals surface area contributed by atoms with Crippen LogP contribution in [0, 0.1) is 26.7 Å². The van der Waals surface area contributed by atoms with Gasteiger partial charge in [0.25, 0.3) is 5.91 Å². The summed E-state index contributed by atoms with van der Waals surface area (Å²) in [5.41, 5.74) is 4.80. The lowest BCUT2D eigenvalue weighted by Gasteiger charge is -2.17. The molecule has 0 saturated carbocycles. The summed E-state index contributed by atoms with van der Waals surface area (Å²) < 4.78 is 1.85. The maximum absolute atomic E-state index is 12.8. The fraction of sp³-hybridized carbons (Fsp3) is 0.474. The van der Waals surface area contributed by atoms with Crippen molar-refractivity contribution in [1.82, 2.24) is 14.7 Å². The number of benzene rings is 1. The highest BCUT2D eigenvalue weighted by molar-refractivity contribution is 5.95. The third kappa shape index (κ3) is 2.96. The Hall–Kier alpha value is -2.14. The molecule has 2 aromatic rings. The summed E-state index contributed by atoms with van der Waals surface area (Å²) >= 11 is 0. The van der Waals surface area contributed by atoms with Crippen LogP contribution in [-0.2, 0) is 0 Å². The van der Waals surface area contributed by atoms with Gasteiger partial charge < -0.3 is 10.0 Å². The van der Waals surface area contributed by atoms with Crippen molar-refractivity contribution >= 4 is 5.91 Å². The van der Waals surface area contributed by atoms with Crippen LogP contribution in [0.1, 0.15) is 40.5 Å². The summed E-state index contributed by atoms with van der Waals surface area (Å²) in [4.78, 5) is 14.7. The molecule has 3 rings (SSSR count). The molecule has 1 fully saturated rings. The molecular formula is C19H25N3O2. The van der Waals surface area contributed by atoms with Gasteiger partial charge in [-0.05, 0) is 51.3 Å². The lowest BCUT2D eigenvalue weighted by atomic mass is 10.0. The minimum Gasteiger partial charge on any atom is -0.393 e. The lowest BCUT2D eigenvalue weighted by Crippen LogP contribution is -2.30. The van der Waals surface area contributed by atoms with Gasteiger partial charge in [0, 0.05) is 19.0 Å². The molecule has 5 nitrogen and oxygen atoms in total. The highest BCUT2D eigenvalue weighted by atomic mass is 16.3. The molecule has 24 heavy (non-hydrogen) atoms. The molecule has 0 bridgehead atoms. The van der Waals surface area contributed by atoms with E-state index < -0.39 is 0 Å². The first-order valence-corrected chi connectivity index (χ1v) is 8.48. The summed E-state index contributed by atoms with van der Waals surface area (Å²) in [5.74, 6) is 0.176. The molecule has 0 spiro atoms. The average Bonchev–Trinajstić information content (AvgIpc) is 3.16. The first kappa shape index (κ1) is 16.7. The molecule has 2 unspecified atom stereocenters. The predicted molar refractivity (Wildman–Crippen MR) is 93.5 cm³/mol. The number of aliphatic hydroxyl groups is 1. The topological polar surface area (TPSA) is 58.4 Å². The Bertz CT molecular complexity index is 764. The van der Waals surface area contributed by atoms with E-state index in [4.69, 9.17) is 0 Å². The minimum absolute atomic E-state index is 0.00667. The zero-order valence-corrected chi connectivity index (χ0v) is 14.8. The van der Waals surface area contributed by atoms with Gasteiger partial charge in [-0.2, -0.15) is 5.10 Å². The Kier molecular flexibility index (Phi) is 4.45. The summed E-state index contributed by atoms with van der Waals surface area (Å²) in [6, 6.07) is 6.23.